The van der Waals surface area contributed by atoms with E-state index < -0.39 is 0 Å². The number of anilines is 1. The zero-order valence-electron chi connectivity index (χ0n) is 26.1. The summed E-state index contributed by atoms with van der Waals surface area (Å²) < 4.78 is 28.9. The topological polar surface area (TPSA) is 78.5 Å². The Hall–Kier alpha value is -3.59. The normalized spacial score (nSPS) is 18.0. The number of carbonyl (C=O) groups excluding carboxylic acids is 1. The van der Waals surface area contributed by atoms with Crippen molar-refractivity contribution >= 4 is 11.7 Å². The summed E-state index contributed by atoms with van der Waals surface area (Å²) >= 11 is 0. The molecule has 2 aliphatic heterocycles. The first kappa shape index (κ1) is 31.8. The molecule has 2 heterocycles. The molecule has 0 radical (unpaired) electrons. The van der Waals surface area contributed by atoms with Gasteiger partial charge in [-0.25, -0.2) is 0 Å². The fourth-order valence-corrected chi connectivity index (χ4v) is 6.07. The molecule has 0 spiro atoms. The zero-order chi connectivity index (χ0) is 30.6. The molecule has 2 atom stereocenters. The zero-order valence-corrected chi connectivity index (χ0v) is 26.1. The Labute approximate surface area is 261 Å². The predicted octanol–water partition coefficient (Wildman–Crippen LogP) is 5.66. The van der Waals surface area contributed by atoms with Crippen LogP contribution in [0.5, 0.6) is 11.5 Å². The first-order valence-corrected chi connectivity index (χ1v) is 15.9. The number of piperidine rings is 1. The van der Waals surface area contributed by atoms with Gasteiger partial charge in [0, 0.05) is 36.7 Å². The number of fused-ring (bicyclic) bond motifs is 1. The van der Waals surface area contributed by atoms with Gasteiger partial charge in [0.05, 0.1) is 46.2 Å². The van der Waals surface area contributed by atoms with Gasteiger partial charge in [0.15, 0.2) is 0 Å². The van der Waals surface area contributed by atoms with Crippen LogP contribution in [0.3, 0.4) is 0 Å². The minimum Gasteiger partial charge on any atom is -0.496 e. The first-order valence-electron chi connectivity index (χ1n) is 15.9. The van der Waals surface area contributed by atoms with Gasteiger partial charge in [0.25, 0.3) is 0 Å². The average Bonchev–Trinajstić information content (AvgIpc) is 3.06. The Balaban J connectivity index is 1.09. The minimum atomic E-state index is -0.177. The van der Waals surface area contributed by atoms with Crippen LogP contribution in [0.4, 0.5) is 5.69 Å². The van der Waals surface area contributed by atoms with Gasteiger partial charge in [-0.2, -0.15) is 0 Å². The van der Waals surface area contributed by atoms with Crippen LogP contribution in [0, 0.1) is 0 Å². The maximum absolute atomic E-state index is 12.2. The van der Waals surface area contributed by atoms with E-state index in [4.69, 9.17) is 23.7 Å². The smallest absolute Gasteiger partial charge is 0.325 e. The number of methoxy groups -OCH3 is 1. The molecule has 0 aromatic heterocycles. The van der Waals surface area contributed by atoms with Crippen molar-refractivity contribution in [1.29, 1.82) is 0 Å². The molecule has 0 saturated carbocycles. The van der Waals surface area contributed by atoms with Gasteiger partial charge in [-0.15, -0.1) is 0 Å². The number of hydrogen-bond donors (Lipinski definition) is 1. The second-order valence-electron chi connectivity index (χ2n) is 11.4. The van der Waals surface area contributed by atoms with E-state index >= 15 is 0 Å². The number of hydrogen-bond acceptors (Lipinski definition) is 8. The van der Waals surface area contributed by atoms with E-state index in [1.54, 1.807) is 7.11 Å². The minimum absolute atomic E-state index is 0.0718. The first-order chi connectivity index (χ1) is 21.6. The van der Waals surface area contributed by atoms with E-state index in [1.807, 2.05) is 31.2 Å². The third kappa shape index (κ3) is 8.74. The molecule has 3 aromatic carbocycles. The quantitative estimate of drug-likeness (QED) is 0.176. The molecule has 0 aliphatic carbocycles. The number of carbonyl (C=O) groups is 1. The molecular formula is C36H46N2O6. The van der Waals surface area contributed by atoms with Crippen LogP contribution in [-0.4, -0.2) is 65.2 Å². The van der Waals surface area contributed by atoms with Gasteiger partial charge in [0.1, 0.15) is 18.0 Å². The summed E-state index contributed by atoms with van der Waals surface area (Å²) in [4.78, 5) is 14.3. The van der Waals surface area contributed by atoms with E-state index in [0.717, 1.165) is 73.6 Å². The van der Waals surface area contributed by atoms with Crippen LogP contribution in [0.25, 0.3) is 0 Å². The number of para-hydroxylation sites is 1. The summed E-state index contributed by atoms with van der Waals surface area (Å²) in [5.74, 6) is 1.85. The molecule has 44 heavy (non-hydrogen) atoms. The molecule has 0 bridgehead atoms. The molecular weight excluding hydrogens is 556 g/mol. The van der Waals surface area contributed by atoms with E-state index in [-0.39, 0.29) is 18.6 Å². The van der Waals surface area contributed by atoms with E-state index in [1.165, 1.54) is 11.1 Å². The lowest BCUT2D eigenvalue weighted by molar-refractivity contribution is -0.141. The fourth-order valence-electron chi connectivity index (χ4n) is 6.07. The lowest BCUT2D eigenvalue weighted by Crippen LogP contribution is -2.41. The third-order valence-corrected chi connectivity index (χ3v) is 8.34. The van der Waals surface area contributed by atoms with Crippen molar-refractivity contribution in [2.45, 2.75) is 57.8 Å². The summed E-state index contributed by atoms with van der Waals surface area (Å²) in [5.41, 5.74) is 5.85. The number of aryl methyl sites for hydroxylation is 1. The maximum atomic E-state index is 12.2. The van der Waals surface area contributed by atoms with Crippen molar-refractivity contribution in [2.24, 2.45) is 0 Å². The van der Waals surface area contributed by atoms with Crippen molar-refractivity contribution in [3.63, 3.8) is 0 Å². The Morgan fingerprint density at radius 1 is 1.02 bits per heavy atom. The molecule has 5 rings (SSSR count). The summed E-state index contributed by atoms with van der Waals surface area (Å²) in [6.45, 7) is 7.47. The molecule has 3 aromatic rings. The van der Waals surface area contributed by atoms with Crippen LogP contribution in [0.15, 0.2) is 66.7 Å². The van der Waals surface area contributed by atoms with Crippen molar-refractivity contribution in [2.75, 3.05) is 58.0 Å². The van der Waals surface area contributed by atoms with Crippen LogP contribution < -0.4 is 19.7 Å². The highest BCUT2D eigenvalue weighted by molar-refractivity contribution is 5.76. The number of benzene rings is 3. The molecule has 8 heteroatoms. The summed E-state index contributed by atoms with van der Waals surface area (Å²) in [6.07, 6.45) is 3.97. The molecule has 236 valence electrons. The monoisotopic (exact) mass is 602 g/mol. The number of esters is 1. The lowest BCUT2D eigenvalue weighted by atomic mass is 9.87. The van der Waals surface area contributed by atoms with Crippen LogP contribution in [0.2, 0.25) is 0 Å². The standard InChI is InChI=1S/C36H46N2O6/c1-3-42-36(39)24-38-19-6-9-29-12-11-27(22-33(29)38)25-44-35-23-37-18-17-32(35)28-13-15-31(16-14-28)43-21-7-20-41-26-30-8-4-5-10-34(30)40-2/h4-5,8,10-16,22,32,35,37H,3,6-7,9,17-21,23-26H2,1-2H3/t32-,35+/m1/s1. The van der Waals surface area contributed by atoms with Crippen molar-refractivity contribution in [1.82, 2.24) is 5.32 Å². The number of rotatable bonds is 15. The van der Waals surface area contributed by atoms with Crippen LogP contribution >= 0.6 is 0 Å². The van der Waals surface area contributed by atoms with Crippen molar-refractivity contribution < 1.29 is 28.5 Å². The maximum Gasteiger partial charge on any atom is 0.325 e. The highest BCUT2D eigenvalue weighted by Crippen LogP contribution is 2.32. The average molecular weight is 603 g/mol. The molecule has 1 fully saturated rings. The van der Waals surface area contributed by atoms with E-state index in [2.05, 4.69) is 52.7 Å². The summed E-state index contributed by atoms with van der Waals surface area (Å²) in [6, 6.07) is 22.9. The van der Waals surface area contributed by atoms with Crippen LogP contribution in [0.1, 0.15) is 54.4 Å². The van der Waals surface area contributed by atoms with Gasteiger partial charge >= 0.3 is 5.97 Å². The van der Waals surface area contributed by atoms with Gasteiger partial charge in [-0.3, -0.25) is 4.79 Å². The van der Waals surface area contributed by atoms with Crippen molar-refractivity contribution in [3.05, 3.63) is 89.0 Å². The molecule has 8 nitrogen and oxygen atoms in total. The number of nitrogens with zero attached hydrogens (tertiary/aromatic N) is 1. The Bertz CT molecular complexity index is 1330. The van der Waals surface area contributed by atoms with Crippen LogP contribution in [-0.2, 0) is 38.6 Å². The molecule has 0 unspecified atom stereocenters. The Morgan fingerprint density at radius 2 is 1.89 bits per heavy atom. The summed E-state index contributed by atoms with van der Waals surface area (Å²) in [7, 11) is 1.68. The highest BCUT2D eigenvalue weighted by atomic mass is 16.5. The van der Waals surface area contributed by atoms with E-state index in [9.17, 15) is 4.79 Å². The lowest BCUT2D eigenvalue weighted by Gasteiger charge is -2.33. The van der Waals surface area contributed by atoms with Gasteiger partial charge in [0.2, 0.25) is 0 Å². The SMILES string of the molecule is CCOC(=O)CN1CCCc2ccc(CO[C@H]3CNCC[C@@H]3c3ccc(OCCCOCc4ccccc4OC)cc3)cc21. The third-order valence-electron chi connectivity index (χ3n) is 8.34. The fraction of sp³-hybridized carbons (Fsp3) is 0.472. The highest BCUT2D eigenvalue weighted by Gasteiger charge is 2.27. The Morgan fingerprint density at radius 3 is 2.73 bits per heavy atom. The van der Waals surface area contributed by atoms with E-state index in [0.29, 0.717) is 39.0 Å². The summed E-state index contributed by atoms with van der Waals surface area (Å²) in [5, 5.41) is 3.51. The molecule has 1 N–H and O–H groups in total. The van der Waals surface area contributed by atoms with Gasteiger partial charge < -0.3 is 33.9 Å². The Kier molecular flexibility index (Phi) is 11.9. The van der Waals surface area contributed by atoms with Gasteiger partial charge in [-0.05, 0) is 73.7 Å². The largest absolute Gasteiger partial charge is 0.496 e. The second-order valence-corrected chi connectivity index (χ2v) is 11.4. The second kappa shape index (κ2) is 16.5. The predicted molar refractivity (Wildman–Crippen MR) is 172 cm³/mol. The number of nitrogens with one attached hydrogen (secondary N) is 1. The molecule has 0 amide bonds. The molecule has 2 aliphatic rings. The molecule has 1 saturated heterocycles. The number of ether oxygens (including phenoxy) is 5. The van der Waals surface area contributed by atoms with Gasteiger partial charge in [-0.1, -0.05) is 42.5 Å². The van der Waals surface area contributed by atoms with Crippen molar-refractivity contribution in [3.8, 4) is 11.5 Å².